The fourth-order valence-corrected chi connectivity index (χ4v) is 3.12. The van der Waals surface area contributed by atoms with E-state index in [-0.39, 0.29) is 18.1 Å². The van der Waals surface area contributed by atoms with Crippen LogP contribution in [0.3, 0.4) is 0 Å². The SMILES string of the molecule is CCOc1cc2c(cc1/C=C/C(=O)N[C@H](C)c1ccccc1)O[C@H](C)C2. The van der Waals surface area contributed by atoms with Crippen LogP contribution in [0, 0.1) is 0 Å². The van der Waals surface area contributed by atoms with Crippen molar-refractivity contribution in [1.82, 2.24) is 5.32 Å². The van der Waals surface area contributed by atoms with E-state index in [9.17, 15) is 4.79 Å². The topological polar surface area (TPSA) is 47.6 Å². The lowest BCUT2D eigenvalue weighted by Crippen LogP contribution is -2.24. The van der Waals surface area contributed by atoms with Gasteiger partial charge < -0.3 is 14.8 Å². The van der Waals surface area contributed by atoms with Gasteiger partial charge in [0.1, 0.15) is 17.6 Å². The first-order valence-corrected chi connectivity index (χ1v) is 9.06. The minimum Gasteiger partial charge on any atom is -0.493 e. The Hall–Kier alpha value is -2.75. The van der Waals surface area contributed by atoms with Gasteiger partial charge in [0.25, 0.3) is 0 Å². The summed E-state index contributed by atoms with van der Waals surface area (Å²) in [7, 11) is 0. The van der Waals surface area contributed by atoms with Crippen LogP contribution < -0.4 is 14.8 Å². The van der Waals surface area contributed by atoms with E-state index in [0.29, 0.717) is 6.61 Å². The zero-order valence-corrected chi connectivity index (χ0v) is 15.5. The van der Waals surface area contributed by atoms with Crippen LogP contribution in [0.2, 0.25) is 0 Å². The third-order valence-electron chi connectivity index (χ3n) is 4.40. The van der Waals surface area contributed by atoms with E-state index in [2.05, 4.69) is 5.32 Å². The van der Waals surface area contributed by atoms with Gasteiger partial charge in [0.15, 0.2) is 0 Å². The number of benzene rings is 2. The van der Waals surface area contributed by atoms with E-state index in [1.807, 2.05) is 63.2 Å². The van der Waals surface area contributed by atoms with Crippen LogP contribution >= 0.6 is 0 Å². The minimum atomic E-state index is -0.140. The van der Waals surface area contributed by atoms with Gasteiger partial charge in [-0.3, -0.25) is 4.79 Å². The molecular weight excluding hydrogens is 326 g/mol. The van der Waals surface area contributed by atoms with Crippen molar-refractivity contribution in [2.24, 2.45) is 0 Å². The Morgan fingerprint density at radius 2 is 2.12 bits per heavy atom. The molecule has 2 aromatic carbocycles. The van der Waals surface area contributed by atoms with Crippen molar-refractivity contribution in [3.8, 4) is 11.5 Å². The van der Waals surface area contributed by atoms with Crippen LogP contribution in [0.1, 0.15) is 43.5 Å². The van der Waals surface area contributed by atoms with Gasteiger partial charge >= 0.3 is 0 Å². The molecule has 0 saturated carbocycles. The van der Waals surface area contributed by atoms with Crippen LogP contribution in [-0.4, -0.2) is 18.6 Å². The van der Waals surface area contributed by atoms with Crippen LogP contribution in [0.25, 0.3) is 6.08 Å². The van der Waals surface area contributed by atoms with E-state index < -0.39 is 0 Å². The van der Waals surface area contributed by atoms with Crippen molar-refractivity contribution in [2.45, 2.75) is 39.3 Å². The summed E-state index contributed by atoms with van der Waals surface area (Å²) in [5, 5.41) is 2.98. The standard InChI is InChI=1S/C22H25NO3/c1-4-25-20-14-19-12-15(2)26-21(19)13-18(20)10-11-22(24)23-16(3)17-8-6-5-7-9-17/h5-11,13-16H,4,12H2,1-3H3,(H,23,24)/b11-10+/t15-,16-/m1/s1. The largest absolute Gasteiger partial charge is 0.493 e. The number of rotatable bonds is 6. The first-order chi connectivity index (χ1) is 12.6. The van der Waals surface area contributed by atoms with Crippen molar-refractivity contribution in [1.29, 1.82) is 0 Å². The molecule has 0 fully saturated rings. The fraction of sp³-hybridized carbons (Fsp3) is 0.318. The average Bonchev–Trinajstić information content (AvgIpc) is 2.99. The van der Waals surface area contributed by atoms with Crippen molar-refractivity contribution in [3.63, 3.8) is 0 Å². The molecule has 0 saturated heterocycles. The predicted octanol–water partition coefficient (Wildman–Crippen LogP) is 4.30. The van der Waals surface area contributed by atoms with E-state index in [0.717, 1.165) is 34.6 Å². The Kier molecular flexibility index (Phi) is 5.61. The van der Waals surface area contributed by atoms with Crippen molar-refractivity contribution in [2.75, 3.05) is 6.61 Å². The molecule has 2 aromatic rings. The maximum absolute atomic E-state index is 12.3. The summed E-state index contributed by atoms with van der Waals surface area (Å²) in [6, 6.07) is 13.8. The number of hydrogen-bond acceptors (Lipinski definition) is 3. The first-order valence-electron chi connectivity index (χ1n) is 9.06. The Labute approximate surface area is 154 Å². The molecule has 0 bridgehead atoms. The molecule has 0 spiro atoms. The quantitative estimate of drug-likeness (QED) is 0.790. The monoisotopic (exact) mass is 351 g/mol. The Balaban J connectivity index is 1.73. The average molecular weight is 351 g/mol. The van der Waals surface area contributed by atoms with Crippen LogP contribution in [0.5, 0.6) is 11.5 Å². The molecule has 0 aromatic heterocycles. The highest BCUT2D eigenvalue weighted by molar-refractivity contribution is 5.92. The second-order valence-electron chi connectivity index (χ2n) is 6.54. The summed E-state index contributed by atoms with van der Waals surface area (Å²) < 4.78 is 11.6. The summed E-state index contributed by atoms with van der Waals surface area (Å²) in [5.74, 6) is 1.52. The lowest BCUT2D eigenvalue weighted by atomic mass is 10.1. The molecule has 0 radical (unpaired) electrons. The van der Waals surface area contributed by atoms with E-state index in [1.165, 1.54) is 0 Å². The molecule has 0 unspecified atom stereocenters. The summed E-state index contributed by atoms with van der Waals surface area (Å²) in [5.41, 5.74) is 3.08. The molecule has 3 rings (SSSR count). The highest BCUT2D eigenvalue weighted by atomic mass is 16.5. The smallest absolute Gasteiger partial charge is 0.244 e. The van der Waals surface area contributed by atoms with Gasteiger partial charge in [-0.15, -0.1) is 0 Å². The van der Waals surface area contributed by atoms with E-state index >= 15 is 0 Å². The number of amides is 1. The summed E-state index contributed by atoms with van der Waals surface area (Å²) in [6.07, 6.45) is 4.38. The van der Waals surface area contributed by atoms with Crippen LogP contribution in [0.4, 0.5) is 0 Å². The Bertz CT molecular complexity index is 799. The van der Waals surface area contributed by atoms with Crippen LogP contribution in [0.15, 0.2) is 48.5 Å². The molecule has 1 aliphatic rings. The number of nitrogens with one attached hydrogen (secondary N) is 1. The second-order valence-corrected chi connectivity index (χ2v) is 6.54. The van der Waals surface area contributed by atoms with Crippen molar-refractivity contribution < 1.29 is 14.3 Å². The molecule has 4 heteroatoms. The summed E-state index contributed by atoms with van der Waals surface area (Å²) >= 11 is 0. The lowest BCUT2D eigenvalue weighted by Gasteiger charge is -2.13. The molecule has 2 atom stereocenters. The zero-order chi connectivity index (χ0) is 18.5. The molecule has 136 valence electrons. The molecule has 0 aliphatic carbocycles. The number of hydrogen-bond donors (Lipinski definition) is 1. The highest BCUT2D eigenvalue weighted by Crippen LogP contribution is 2.35. The van der Waals surface area contributed by atoms with E-state index in [4.69, 9.17) is 9.47 Å². The number of ether oxygens (including phenoxy) is 2. The summed E-state index contributed by atoms with van der Waals surface area (Å²) in [4.78, 5) is 12.3. The molecule has 1 heterocycles. The molecule has 26 heavy (non-hydrogen) atoms. The van der Waals surface area contributed by atoms with Gasteiger partial charge in [-0.1, -0.05) is 30.3 Å². The van der Waals surface area contributed by atoms with E-state index in [1.54, 1.807) is 12.2 Å². The Morgan fingerprint density at radius 3 is 2.85 bits per heavy atom. The first kappa shape index (κ1) is 18.1. The molecule has 1 N–H and O–H groups in total. The maximum Gasteiger partial charge on any atom is 0.244 e. The number of fused-ring (bicyclic) bond motifs is 1. The van der Waals surface area contributed by atoms with Crippen molar-refractivity contribution >= 4 is 12.0 Å². The fourth-order valence-electron chi connectivity index (χ4n) is 3.12. The minimum absolute atomic E-state index is 0.0519. The molecule has 1 amide bonds. The van der Waals surface area contributed by atoms with Gasteiger partial charge in [0, 0.05) is 23.6 Å². The maximum atomic E-state index is 12.3. The van der Waals surface area contributed by atoms with Gasteiger partial charge in [0.2, 0.25) is 5.91 Å². The molecule has 1 aliphatic heterocycles. The normalized spacial score (nSPS) is 16.8. The van der Waals surface area contributed by atoms with Crippen LogP contribution in [-0.2, 0) is 11.2 Å². The molecule has 4 nitrogen and oxygen atoms in total. The summed E-state index contributed by atoms with van der Waals surface area (Å²) in [6.45, 7) is 6.55. The van der Waals surface area contributed by atoms with Gasteiger partial charge in [-0.2, -0.15) is 0 Å². The number of carbonyl (C=O) groups is 1. The lowest BCUT2D eigenvalue weighted by molar-refractivity contribution is -0.117. The van der Waals surface area contributed by atoms with Gasteiger partial charge in [-0.05, 0) is 44.5 Å². The van der Waals surface area contributed by atoms with Gasteiger partial charge in [0.05, 0.1) is 12.6 Å². The van der Waals surface area contributed by atoms with Gasteiger partial charge in [-0.25, -0.2) is 0 Å². The predicted molar refractivity (Wildman–Crippen MR) is 103 cm³/mol. The third kappa shape index (κ3) is 4.26. The second kappa shape index (κ2) is 8.09. The Morgan fingerprint density at radius 1 is 1.35 bits per heavy atom. The zero-order valence-electron chi connectivity index (χ0n) is 15.5. The highest BCUT2D eigenvalue weighted by Gasteiger charge is 2.21. The number of carbonyl (C=O) groups excluding carboxylic acids is 1. The molecular formula is C22H25NO3. The van der Waals surface area contributed by atoms with Crippen molar-refractivity contribution in [3.05, 3.63) is 65.2 Å². The third-order valence-corrected chi connectivity index (χ3v) is 4.40.